The average Bonchev–Trinajstić information content (AvgIpc) is 2.89. The molecule has 0 radical (unpaired) electrons. The normalized spacial score (nSPS) is 10.9. The lowest BCUT2D eigenvalue weighted by molar-refractivity contribution is 0.302. The van der Waals surface area contributed by atoms with Crippen LogP contribution in [0.3, 0.4) is 0 Å². The van der Waals surface area contributed by atoms with Crippen molar-refractivity contribution in [3.8, 4) is 5.75 Å². The maximum atomic E-state index is 12.8. The lowest BCUT2D eigenvalue weighted by Crippen LogP contribution is -1.96. The Hall–Kier alpha value is -2.33. The molecule has 1 aromatic heterocycles. The summed E-state index contributed by atoms with van der Waals surface area (Å²) in [5, 5.41) is 1.12. The van der Waals surface area contributed by atoms with E-state index in [0.29, 0.717) is 18.9 Å². The fourth-order valence-corrected chi connectivity index (χ4v) is 2.22. The zero-order valence-corrected chi connectivity index (χ0v) is 10.9. The zero-order valence-electron chi connectivity index (χ0n) is 10.9. The van der Waals surface area contributed by atoms with Crippen molar-refractivity contribution in [1.29, 1.82) is 0 Å². The summed E-state index contributed by atoms with van der Waals surface area (Å²) >= 11 is 0. The van der Waals surface area contributed by atoms with Crippen molar-refractivity contribution in [3.05, 3.63) is 65.6 Å². The van der Waals surface area contributed by atoms with Gasteiger partial charge in [-0.1, -0.05) is 12.1 Å². The van der Waals surface area contributed by atoms with Crippen LogP contribution >= 0.6 is 0 Å². The molecular formula is C16H15FN2O. The Bertz CT molecular complexity index is 719. The van der Waals surface area contributed by atoms with E-state index in [1.807, 2.05) is 24.3 Å². The van der Waals surface area contributed by atoms with E-state index in [4.69, 9.17) is 10.5 Å². The van der Waals surface area contributed by atoms with Gasteiger partial charge in [0, 0.05) is 17.4 Å². The molecule has 20 heavy (non-hydrogen) atoms. The number of nitrogens with one attached hydrogen (secondary N) is 1. The first-order valence-corrected chi connectivity index (χ1v) is 6.44. The van der Waals surface area contributed by atoms with E-state index in [1.54, 1.807) is 12.1 Å². The quantitative estimate of drug-likeness (QED) is 0.764. The Balaban J connectivity index is 1.79. The van der Waals surface area contributed by atoms with Gasteiger partial charge in [-0.05, 0) is 42.0 Å². The summed E-state index contributed by atoms with van der Waals surface area (Å²) in [6.07, 6.45) is 0. The van der Waals surface area contributed by atoms with Gasteiger partial charge in [-0.3, -0.25) is 0 Å². The number of aromatic amines is 1. The van der Waals surface area contributed by atoms with Gasteiger partial charge >= 0.3 is 0 Å². The van der Waals surface area contributed by atoms with Crippen molar-refractivity contribution in [2.75, 3.05) is 0 Å². The highest BCUT2D eigenvalue weighted by Gasteiger charge is 2.05. The number of nitrogens with two attached hydrogens (primary N) is 1. The molecule has 0 spiro atoms. The van der Waals surface area contributed by atoms with Crippen molar-refractivity contribution in [2.45, 2.75) is 13.2 Å². The van der Waals surface area contributed by atoms with E-state index in [2.05, 4.69) is 4.98 Å². The first-order valence-electron chi connectivity index (χ1n) is 6.44. The molecule has 0 unspecified atom stereocenters. The number of halogens is 1. The summed E-state index contributed by atoms with van der Waals surface area (Å²) in [6, 6.07) is 14.0. The molecule has 4 heteroatoms. The molecule has 0 saturated heterocycles. The summed E-state index contributed by atoms with van der Waals surface area (Å²) in [6.45, 7) is 0.914. The summed E-state index contributed by atoms with van der Waals surface area (Å²) in [5.41, 5.74) is 8.84. The third kappa shape index (κ3) is 2.51. The standard InChI is InChI=1S/C16H15FN2O/c17-12-4-6-14(7-5-12)20-10-13-8-15-11(9-18)2-1-3-16(15)19-13/h1-8,19H,9-10,18H2. The molecule has 3 nitrogen and oxygen atoms in total. The lowest BCUT2D eigenvalue weighted by atomic mass is 10.1. The Kier molecular flexibility index (Phi) is 3.39. The summed E-state index contributed by atoms with van der Waals surface area (Å²) in [5.74, 6) is 0.375. The molecule has 0 saturated carbocycles. The van der Waals surface area contributed by atoms with Gasteiger partial charge in [-0.15, -0.1) is 0 Å². The van der Waals surface area contributed by atoms with Crippen molar-refractivity contribution >= 4 is 10.9 Å². The molecule has 3 rings (SSSR count). The molecule has 0 atom stereocenters. The number of H-pyrrole nitrogens is 1. The molecule has 0 aliphatic carbocycles. The maximum Gasteiger partial charge on any atom is 0.128 e. The van der Waals surface area contributed by atoms with Crippen LogP contribution in [0.1, 0.15) is 11.3 Å². The topological polar surface area (TPSA) is 51.0 Å². The minimum absolute atomic E-state index is 0.268. The highest BCUT2D eigenvalue weighted by molar-refractivity contribution is 5.83. The molecule has 3 aromatic rings. The molecular weight excluding hydrogens is 255 g/mol. The van der Waals surface area contributed by atoms with Gasteiger partial charge < -0.3 is 15.5 Å². The van der Waals surface area contributed by atoms with E-state index < -0.39 is 0 Å². The van der Waals surface area contributed by atoms with Crippen LogP contribution in [0, 0.1) is 5.82 Å². The monoisotopic (exact) mass is 270 g/mol. The van der Waals surface area contributed by atoms with Crippen LogP contribution in [0.15, 0.2) is 48.5 Å². The van der Waals surface area contributed by atoms with Crippen molar-refractivity contribution in [3.63, 3.8) is 0 Å². The molecule has 102 valence electrons. The minimum Gasteiger partial charge on any atom is -0.487 e. The Morgan fingerprint density at radius 3 is 2.65 bits per heavy atom. The fourth-order valence-electron chi connectivity index (χ4n) is 2.22. The van der Waals surface area contributed by atoms with E-state index in [9.17, 15) is 4.39 Å². The number of aromatic nitrogens is 1. The van der Waals surface area contributed by atoms with Gasteiger partial charge in [0.2, 0.25) is 0 Å². The van der Waals surface area contributed by atoms with E-state index in [-0.39, 0.29) is 5.82 Å². The molecule has 0 aliphatic heterocycles. The van der Waals surface area contributed by atoms with Crippen LogP contribution in [0.4, 0.5) is 4.39 Å². The molecule has 0 bridgehead atoms. The van der Waals surface area contributed by atoms with Crippen molar-refractivity contribution in [1.82, 2.24) is 4.98 Å². The average molecular weight is 270 g/mol. The molecule has 1 heterocycles. The Morgan fingerprint density at radius 2 is 1.90 bits per heavy atom. The predicted molar refractivity (Wildman–Crippen MR) is 76.9 cm³/mol. The molecule has 2 aromatic carbocycles. The zero-order chi connectivity index (χ0) is 13.9. The van der Waals surface area contributed by atoms with Crippen LogP contribution in [-0.2, 0) is 13.2 Å². The molecule has 0 fully saturated rings. The second kappa shape index (κ2) is 5.35. The molecule has 0 aliphatic rings. The fraction of sp³-hybridized carbons (Fsp3) is 0.125. The number of fused-ring (bicyclic) bond motifs is 1. The predicted octanol–water partition coefficient (Wildman–Crippen LogP) is 3.34. The van der Waals surface area contributed by atoms with Gasteiger partial charge in [-0.25, -0.2) is 4.39 Å². The highest BCUT2D eigenvalue weighted by Crippen LogP contribution is 2.21. The minimum atomic E-state index is -0.268. The van der Waals surface area contributed by atoms with Crippen LogP contribution in [0.5, 0.6) is 5.75 Å². The van der Waals surface area contributed by atoms with Crippen LogP contribution < -0.4 is 10.5 Å². The largest absolute Gasteiger partial charge is 0.487 e. The van der Waals surface area contributed by atoms with Gasteiger partial charge in [0.25, 0.3) is 0 Å². The van der Waals surface area contributed by atoms with Crippen molar-refractivity contribution < 1.29 is 9.13 Å². The van der Waals surface area contributed by atoms with Gasteiger partial charge in [0.05, 0.1) is 5.69 Å². The van der Waals surface area contributed by atoms with E-state index in [0.717, 1.165) is 22.2 Å². The second-order valence-corrected chi connectivity index (χ2v) is 4.62. The van der Waals surface area contributed by atoms with Crippen LogP contribution in [-0.4, -0.2) is 4.98 Å². The van der Waals surface area contributed by atoms with Gasteiger partial charge in [0.15, 0.2) is 0 Å². The van der Waals surface area contributed by atoms with E-state index in [1.165, 1.54) is 12.1 Å². The lowest BCUT2D eigenvalue weighted by Gasteiger charge is -2.03. The number of hydrogen-bond donors (Lipinski definition) is 2. The smallest absolute Gasteiger partial charge is 0.128 e. The summed E-state index contributed by atoms with van der Waals surface area (Å²) < 4.78 is 18.4. The number of benzene rings is 2. The molecule has 0 amide bonds. The Labute approximate surface area is 116 Å². The molecule has 3 N–H and O–H groups in total. The number of rotatable bonds is 4. The third-order valence-electron chi connectivity index (χ3n) is 3.24. The first-order chi connectivity index (χ1) is 9.76. The summed E-state index contributed by atoms with van der Waals surface area (Å²) in [4.78, 5) is 3.30. The second-order valence-electron chi connectivity index (χ2n) is 4.62. The third-order valence-corrected chi connectivity index (χ3v) is 3.24. The first kappa shape index (κ1) is 12.7. The number of hydrogen-bond acceptors (Lipinski definition) is 2. The Morgan fingerprint density at radius 1 is 1.10 bits per heavy atom. The van der Waals surface area contributed by atoms with Crippen LogP contribution in [0.2, 0.25) is 0 Å². The highest BCUT2D eigenvalue weighted by atomic mass is 19.1. The number of ether oxygens (including phenoxy) is 1. The van der Waals surface area contributed by atoms with Gasteiger partial charge in [-0.2, -0.15) is 0 Å². The van der Waals surface area contributed by atoms with Gasteiger partial charge in [0.1, 0.15) is 18.2 Å². The summed E-state index contributed by atoms with van der Waals surface area (Å²) in [7, 11) is 0. The van der Waals surface area contributed by atoms with Crippen LogP contribution in [0.25, 0.3) is 10.9 Å². The van der Waals surface area contributed by atoms with E-state index >= 15 is 0 Å². The van der Waals surface area contributed by atoms with Crippen molar-refractivity contribution in [2.24, 2.45) is 5.73 Å². The SMILES string of the molecule is NCc1cccc2[nH]c(COc3ccc(F)cc3)cc12. The maximum absolute atomic E-state index is 12.8.